The highest BCUT2D eigenvalue weighted by Crippen LogP contribution is 2.13. The molecular formula is C10H18O3Si. The molecule has 0 saturated carbocycles. The van der Waals surface area contributed by atoms with Crippen LogP contribution in [-0.4, -0.2) is 27.4 Å². The Kier molecular flexibility index (Phi) is 5.27. The van der Waals surface area contributed by atoms with Gasteiger partial charge < -0.3 is 9.47 Å². The van der Waals surface area contributed by atoms with Gasteiger partial charge in [-0.2, -0.15) is 0 Å². The van der Waals surface area contributed by atoms with E-state index in [1.54, 1.807) is 6.92 Å². The Hall–Kier alpha value is -0.993. The van der Waals surface area contributed by atoms with Crippen LogP contribution in [-0.2, 0) is 9.47 Å². The van der Waals surface area contributed by atoms with Gasteiger partial charge in [-0.3, -0.25) is 0 Å². The highest BCUT2D eigenvalue weighted by atomic mass is 28.3. The van der Waals surface area contributed by atoms with Crippen LogP contribution >= 0.6 is 0 Å². The van der Waals surface area contributed by atoms with Gasteiger partial charge in [0.25, 0.3) is 0 Å². The van der Waals surface area contributed by atoms with Gasteiger partial charge in [-0.1, -0.05) is 26.2 Å². The van der Waals surface area contributed by atoms with Crippen molar-refractivity contribution < 1.29 is 14.3 Å². The van der Waals surface area contributed by atoms with E-state index in [0.717, 1.165) is 5.20 Å². The zero-order valence-electron chi connectivity index (χ0n) is 9.35. The molecule has 0 amide bonds. The molecular weight excluding hydrogens is 196 g/mol. The number of carbonyl (C=O) groups is 1. The minimum absolute atomic E-state index is 0.248. The number of rotatable bonds is 4. The fourth-order valence-corrected chi connectivity index (χ4v) is 1.86. The molecule has 0 bridgehead atoms. The fraction of sp³-hybridized carbons (Fsp3) is 0.600. The Balaban J connectivity index is 4.12. The normalized spacial score (nSPS) is 10.3. The van der Waals surface area contributed by atoms with Crippen LogP contribution in [0, 0.1) is 0 Å². The Morgan fingerprint density at radius 2 is 1.93 bits per heavy atom. The fourth-order valence-electron chi connectivity index (χ4n) is 0.823. The van der Waals surface area contributed by atoms with Gasteiger partial charge in [-0.25, -0.2) is 4.79 Å². The Morgan fingerprint density at radius 1 is 1.36 bits per heavy atom. The molecule has 0 unspecified atom stereocenters. The molecule has 0 spiro atoms. The summed E-state index contributed by atoms with van der Waals surface area (Å²) < 4.78 is 9.54. The zero-order chi connectivity index (χ0) is 11.2. The van der Waals surface area contributed by atoms with E-state index in [9.17, 15) is 4.79 Å². The van der Waals surface area contributed by atoms with Gasteiger partial charge in [0.15, 0.2) is 0 Å². The van der Waals surface area contributed by atoms with Gasteiger partial charge in [-0.15, -0.1) is 5.73 Å². The summed E-state index contributed by atoms with van der Waals surface area (Å²) in [7, 11) is -1.47. The third-order valence-electron chi connectivity index (χ3n) is 1.72. The molecule has 0 saturated heterocycles. The standard InChI is InChI=1S/C10H18O3Si/c1-6-9(14(3,4)5)8-13-10(11)12-7-2/h1,7-8H2,2-5H3. The Morgan fingerprint density at radius 3 is 2.29 bits per heavy atom. The second kappa shape index (κ2) is 5.68. The number of carbonyl (C=O) groups excluding carboxylic acids is 1. The molecule has 0 aromatic heterocycles. The van der Waals surface area contributed by atoms with Crippen molar-refractivity contribution in [3.05, 3.63) is 17.5 Å². The van der Waals surface area contributed by atoms with Gasteiger partial charge in [0.2, 0.25) is 0 Å². The maximum absolute atomic E-state index is 10.9. The third-order valence-corrected chi connectivity index (χ3v) is 3.85. The number of hydrogen-bond acceptors (Lipinski definition) is 3. The minimum Gasteiger partial charge on any atom is -0.435 e. The van der Waals surface area contributed by atoms with Crippen molar-refractivity contribution in [2.24, 2.45) is 0 Å². The van der Waals surface area contributed by atoms with Crippen molar-refractivity contribution in [3.63, 3.8) is 0 Å². The molecule has 0 aliphatic rings. The van der Waals surface area contributed by atoms with Crippen LogP contribution in [0.25, 0.3) is 0 Å². The maximum Gasteiger partial charge on any atom is 0.508 e. The summed E-state index contributed by atoms with van der Waals surface area (Å²) in [6.07, 6.45) is -0.626. The highest BCUT2D eigenvalue weighted by Gasteiger charge is 2.20. The SMILES string of the molecule is C=C=C(COC(=O)OCC)[Si](C)(C)C. The molecule has 0 fully saturated rings. The first kappa shape index (κ1) is 13.0. The molecule has 4 heteroatoms. The van der Waals surface area contributed by atoms with E-state index in [1.165, 1.54) is 0 Å². The first-order valence-electron chi connectivity index (χ1n) is 4.60. The van der Waals surface area contributed by atoms with E-state index in [-0.39, 0.29) is 6.61 Å². The summed E-state index contributed by atoms with van der Waals surface area (Å²) in [5.74, 6) is 0. The molecule has 0 heterocycles. The van der Waals surface area contributed by atoms with Crippen LogP contribution in [0.1, 0.15) is 6.92 Å². The zero-order valence-corrected chi connectivity index (χ0v) is 10.3. The van der Waals surface area contributed by atoms with Gasteiger partial charge in [-0.05, 0) is 12.1 Å². The van der Waals surface area contributed by atoms with Crippen molar-refractivity contribution in [2.75, 3.05) is 13.2 Å². The van der Waals surface area contributed by atoms with Crippen molar-refractivity contribution in [3.8, 4) is 0 Å². The second-order valence-corrected chi connectivity index (χ2v) is 8.98. The lowest BCUT2D eigenvalue weighted by Gasteiger charge is -2.18. The molecule has 0 N–H and O–H groups in total. The van der Waals surface area contributed by atoms with Gasteiger partial charge in [0.1, 0.15) is 6.61 Å². The lowest BCUT2D eigenvalue weighted by atomic mass is 10.6. The van der Waals surface area contributed by atoms with Gasteiger partial charge in [0.05, 0.1) is 14.7 Å². The smallest absolute Gasteiger partial charge is 0.435 e. The van der Waals surface area contributed by atoms with E-state index < -0.39 is 14.2 Å². The van der Waals surface area contributed by atoms with E-state index in [0.29, 0.717) is 6.61 Å². The average Bonchev–Trinajstić information content (AvgIpc) is 2.03. The van der Waals surface area contributed by atoms with Crippen molar-refractivity contribution >= 4 is 14.2 Å². The van der Waals surface area contributed by atoms with Crippen LogP contribution in [0.4, 0.5) is 4.79 Å². The Bertz CT molecular complexity index is 247. The molecule has 0 aromatic carbocycles. The minimum atomic E-state index is -1.47. The number of ether oxygens (including phenoxy) is 2. The third kappa shape index (κ3) is 4.89. The molecule has 0 atom stereocenters. The van der Waals surface area contributed by atoms with Gasteiger partial charge >= 0.3 is 6.16 Å². The van der Waals surface area contributed by atoms with Crippen molar-refractivity contribution in [1.82, 2.24) is 0 Å². The predicted octanol–water partition coefficient (Wildman–Crippen LogP) is 2.75. The number of hydrogen-bond donors (Lipinski definition) is 0. The molecule has 0 aromatic rings. The molecule has 14 heavy (non-hydrogen) atoms. The van der Waals surface area contributed by atoms with Crippen LogP contribution in [0.3, 0.4) is 0 Å². The summed E-state index contributed by atoms with van der Waals surface area (Å²) in [6, 6.07) is 0. The van der Waals surface area contributed by atoms with Crippen LogP contribution in [0.15, 0.2) is 17.5 Å². The van der Waals surface area contributed by atoms with E-state index in [2.05, 4.69) is 36.7 Å². The van der Waals surface area contributed by atoms with Crippen LogP contribution in [0.2, 0.25) is 19.6 Å². The van der Waals surface area contributed by atoms with Crippen molar-refractivity contribution in [2.45, 2.75) is 26.6 Å². The van der Waals surface area contributed by atoms with Crippen molar-refractivity contribution in [1.29, 1.82) is 0 Å². The molecule has 80 valence electrons. The summed E-state index contributed by atoms with van der Waals surface area (Å²) >= 11 is 0. The second-order valence-electron chi connectivity index (χ2n) is 3.88. The summed E-state index contributed by atoms with van der Waals surface area (Å²) in [4.78, 5) is 10.9. The van der Waals surface area contributed by atoms with E-state index >= 15 is 0 Å². The van der Waals surface area contributed by atoms with E-state index in [1.807, 2.05) is 0 Å². The average molecular weight is 214 g/mol. The predicted molar refractivity (Wildman–Crippen MR) is 59.0 cm³/mol. The maximum atomic E-state index is 10.9. The summed E-state index contributed by atoms with van der Waals surface area (Å²) in [6.45, 7) is 12.4. The van der Waals surface area contributed by atoms with Crippen LogP contribution in [0.5, 0.6) is 0 Å². The van der Waals surface area contributed by atoms with Crippen LogP contribution < -0.4 is 0 Å². The monoisotopic (exact) mass is 214 g/mol. The molecule has 3 nitrogen and oxygen atoms in total. The van der Waals surface area contributed by atoms with E-state index in [4.69, 9.17) is 4.74 Å². The summed E-state index contributed by atoms with van der Waals surface area (Å²) in [5.41, 5.74) is 2.84. The lowest BCUT2D eigenvalue weighted by Crippen LogP contribution is -2.27. The Labute approximate surface area is 86.4 Å². The first-order chi connectivity index (χ1) is 6.41. The highest BCUT2D eigenvalue weighted by molar-refractivity contribution is 6.83. The lowest BCUT2D eigenvalue weighted by molar-refractivity contribution is 0.0665. The molecule has 0 radical (unpaired) electrons. The molecule has 0 rings (SSSR count). The largest absolute Gasteiger partial charge is 0.508 e. The first-order valence-corrected chi connectivity index (χ1v) is 8.10. The van der Waals surface area contributed by atoms with Gasteiger partial charge in [0, 0.05) is 0 Å². The topological polar surface area (TPSA) is 35.5 Å². The molecule has 0 aliphatic heterocycles. The summed E-state index contributed by atoms with van der Waals surface area (Å²) in [5, 5.41) is 0.991. The molecule has 0 aliphatic carbocycles. The quantitative estimate of drug-likeness (QED) is 0.410.